The van der Waals surface area contributed by atoms with Crippen LogP contribution < -0.4 is 4.90 Å². The molecular formula is C19H18N4O2S. The molecule has 1 aliphatic heterocycles. The van der Waals surface area contributed by atoms with Crippen molar-refractivity contribution < 1.29 is 8.76 Å². The minimum atomic E-state index is -1.81. The Morgan fingerprint density at radius 2 is 1.96 bits per heavy atom. The summed E-state index contributed by atoms with van der Waals surface area (Å²) >= 11 is -1.81. The van der Waals surface area contributed by atoms with E-state index in [9.17, 15) is 4.21 Å². The summed E-state index contributed by atoms with van der Waals surface area (Å²) in [6.45, 7) is 1.63. The van der Waals surface area contributed by atoms with Crippen molar-refractivity contribution in [1.29, 1.82) is 0 Å². The van der Waals surface area contributed by atoms with Crippen LogP contribution in [0.2, 0.25) is 0 Å². The van der Waals surface area contributed by atoms with Crippen LogP contribution in [0.25, 0.3) is 11.5 Å². The molecular weight excluding hydrogens is 348 g/mol. The lowest BCUT2D eigenvalue weighted by atomic mass is 10.1. The van der Waals surface area contributed by atoms with E-state index in [4.69, 9.17) is 9.54 Å². The Hall–Kier alpha value is -2.64. The zero-order valence-corrected chi connectivity index (χ0v) is 14.9. The minimum absolute atomic E-state index is 0.160. The molecule has 4 rings (SSSR count). The van der Waals surface area contributed by atoms with E-state index in [2.05, 4.69) is 14.9 Å². The largest absolute Gasteiger partial charge is 0.367 e. The summed E-state index contributed by atoms with van der Waals surface area (Å²) < 4.78 is 19.9. The maximum absolute atomic E-state index is 10.9. The first-order valence-corrected chi connectivity index (χ1v) is 9.64. The van der Waals surface area contributed by atoms with Gasteiger partial charge in [0, 0.05) is 43.2 Å². The molecule has 132 valence electrons. The first-order chi connectivity index (χ1) is 12.7. The normalized spacial score (nSPS) is 14.7. The average Bonchev–Trinajstić information content (AvgIpc) is 2.68. The maximum Gasteiger partial charge on any atom is 0.178 e. The number of benzene rings is 1. The number of pyridine rings is 1. The fourth-order valence-corrected chi connectivity index (χ4v) is 3.58. The summed E-state index contributed by atoms with van der Waals surface area (Å²) in [6, 6.07) is 13.5. The quantitative estimate of drug-likeness (QED) is 0.715. The number of hydrogen-bond acceptors (Lipinski definition) is 5. The summed E-state index contributed by atoms with van der Waals surface area (Å²) in [5.41, 5.74) is 4.93. The van der Waals surface area contributed by atoms with Gasteiger partial charge in [0.1, 0.15) is 5.69 Å². The zero-order chi connectivity index (χ0) is 17.9. The van der Waals surface area contributed by atoms with E-state index in [0.29, 0.717) is 5.82 Å². The predicted molar refractivity (Wildman–Crippen MR) is 101 cm³/mol. The maximum atomic E-state index is 10.9. The third-order valence-electron chi connectivity index (χ3n) is 4.42. The van der Waals surface area contributed by atoms with Gasteiger partial charge >= 0.3 is 0 Å². The molecule has 1 aromatic carbocycles. The van der Waals surface area contributed by atoms with Gasteiger partial charge in [-0.25, -0.2) is 14.2 Å². The van der Waals surface area contributed by atoms with E-state index in [1.165, 1.54) is 0 Å². The van der Waals surface area contributed by atoms with Gasteiger partial charge in [0.15, 0.2) is 16.9 Å². The molecule has 26 heavy (non-hydrogen) atoms. The van der Waals surface area contributed by atoms with Crippen LogP contribution in [-0.2, 0) is 29.8 Å². The van der Waals surface area contributed by atoms with Crippen molar-refractivity contribution in [3.8, 4) is 11.5 Å². The third kappa shape index (κ3) is 3.63. The molecule has 1 atom stereocenters. The number of fused-ring (bicyclic) bond motifs is 1. The molecule has 0 aliphatic carbocycles. The zero-order valence-electron chi connectivity index (χ0n) is 14.1. The fraction of sp³-hybridized carbons (Fsp3) is 0.211. The van der Waals surface area contributed by atoms with Crippen LogP contribution in [-0.4, -0.2) is 30.3 Å². The van der Waals surface area contributed by atoms with Gasteiger partial charge in [-0.15, -0.1) is 0 Å². The highest BCUT2D eigenvalue weighted by molar-refractivity contribution is 7.78. The predicted octanol–water partition coefficient (Wildman–Crippen LogP) is 2.82. The second-order valence-electron chi connectivity index (χ2n) is 6.18. The molecule has 3 aromatic rings. The van der Waals surface area contributed by atoms with Crippen molar-refractivity contribution >= 4 is 16.8 Å². The van der Waals surface area contributed by atoms with Crippen LogP contribution in [0.5, 0.6) is 0 Å². The highest BCUT2D eigenvalue weighted by Gasteiger charge is 2.19. The van der Waals surface area contributed by atoms with Crippen LogP contribution in [0.1, 0.15) is 16.8 Å². The van der Waals surface area contributed by atoms with Gasteiger partial charge in [0.05, 0.1) is 11.4 Å². The lowest BCUT2D eigenvalue weighted by Gasteiger charge is -2.30. The molecule has 0 spiro atoms. The van der Waals surface area contributed by atoms with Gasteiger partial charge in [-0.2, -0.15) is 0 Å². The average molecular weight is 366 g/mol. The molecule has 3 heterocycles. The molecule has 1 unspecified atom stereocenters. The van der Waals surface area contributed by atoms with Gasteiger partial charge in [0.25, 0.3) is 0 Å². The summed E-state index contributed by atoms with van der Waals surface area (Å²) in [5.74, 6) is 0.826. The molecule has 0 bridgehead atoms. The molecule has 0 saturated carbocycles. The van der Waals surface area contributed by atoms with E-state index >= 15 is 0 Å². The second kappa shape index (κ2) is 7.31. The van der Waals surface area contributed by atoms with Crippen molar-refractivity contribution in [2.24, 2.45) is 0 Å². The topological polar surface area (TPSA) is 79.2 Å². The Bertz CT molecular complexity index is 932. The minimum Gasteiger partial charge on any atom is -0.367 e. The van der Waals surface area contributed by atoms with E-state index < -0.39 is 11.1 Å². The van der Waals surface area contributed by atoms with E-state index in [1.807, 2.05) is 48.7 Å². The number of anilines is 1. The molecule has 1 aliphatic rings. The highest BCUT2D eigenvalue weighted by atomic mass is 32.2. The molecule has 1 N–H and O–H groups in total. The lowest BCUT2D eigenvalue weighted by Crippen LogP contribution is -2.31. The fourth-order valence-electron chi connectivity index (χ4n) is 3.10. The Kier molecular flexibility index (Phi) is 4.73. The number of rotatable bonds is 4. The van der Waals surface area contributed by atoms with Gasteiger partial charge in [-0.3, -0.25) is 4.98 Å². The number of aromatic nitrogens is 3. The third-order valence-corrected chi connectivity index (χ3v) is 5.00. The van der Waals surface area contributed by atoms with E-state index in [0.717, 1.165) is 47.7 Å². The van der Waals surface area contributed by atoms with Crippen LogP contribution in [0, 0.1) is 0 Å². The highest BCUT2D eigenvalue weighted by Crippen LogP contribution is 2.25. The molecule has 2 aromatic heterocycles. The van der Waals surface area contributed by atoms with Crippen LogP contribution in [0.3, 0.4) is 0 Å². The van der Waals surface area contributed by atoms with Gasteiger partial charge in [0.2, 0.25) is 0 Å². The molecule has 6 nitrogen and oxygen atoms in total. The first kappa shape index (κ1) is 16.8. The summed E-state index contributed by atoms with van der Waals surface area (Å²) in [6.07, 6.45) is 4.48. The summed E-state index contributed by atoms with van der Waals surface area (Å²) in [7, 11) is 0. The van der Waals surface area contributed by atoms with Crippen molar-refractivity contribution in [1.82, 2.24) is 15.0 Å². The Morgan fingerprint density at radius 1 is 1.12 bits per heavy atom. The van der Waals surface area contributed by atoms with Crippen LogP contribution >= 0.6 is 0 Å². The first-order valence-electron chi connectivity index (χ1n) is 8.36. The van der Waals surface area contributed by atoms with Crippen molar-refractivity contribution in [3.05, 3.63) is 71.7 Å². The van der Waals surface area contributed by atoms with Gasteiger partial charge in [-0.05, 0) is 29.8 Å². The van der Waals surface area contributed by atoms with Gasteiger partial charge < -0.3 is 9.45 Å². The van der Waals surface area contributed by atoms with E-state index in [1.54, 1.807) is 6.20 Å². The monoisotopic (exact) mass is 366 g/mol. The number of nitrogens with zero attached hydrogens (tertiary/aromatic N) is 4. The van der Waals surface area contributed by atoms with Crippen molar-refractivity contribution in [2.75, 3.05) is 11.4 Å². The Balaban J connectivity index is 1.52. The SMILES string of the molecule is O=S(O)Cc1ccc(N2CCc3nc(-c4ccccn4)ncc3C2)cc1. The smallest absolute Gasteiger partial charge is 0.178 e. The summed E-state index contributed by atoms with van der Waals surface area (Å²) in [4.78, 5) is 15.8. The van der Waals surface area contributed by atoms with Crippen molar-refractivity contribution in [3.63, 3.8) is 0 Å². The second-order valence-corrected chi connectivity index (χ2v) is 7.12. The number of hydrogen-bond donors (Lipinski definition) is 1. The van der Waals surface area contributed by atoms with Crippen molar-refractivity contribution in [2.45, 2.75) is 18.7 Å². The molecule has 0 radical (unpaired) electrons. The molecule has 0 saturated heterocycles. The molecule has 7 heteroatoms. The molecule has 0 fully saturated rings. The Morgan fingerprint density at radius 3 is 2.69 bits per heavy atom. The standard InChI is InChI=1S/C19H18N4O2S/c24-26(25)13-14-4-6-16(7-5-14)23-10-8-17-15(12-23)11-21-19(22-17)18-3-1-2-9-20-18/h1-7,9,11H,8,10,12-13H2,(H,24,25). The molecule has 0 amide bonds. The van der Waals surface area contributed by atoms with Crippen LogP contribution in [0.15, 0.2) is 54.9 Å². The van der Waals surface area contributed by atoms with Crippen LogP contribution in [0.4, 0.5) is 5.69 Å². The van der Waals surface area contributed by atoms with E-state index in [-0.39, 0.29) is 5.75 Å². The lowest BCUT2D eigenvalue weighted by molar-refractivity contribution is 0.563. The van der Waals surface area contributed by atoms with Gasteiger partial charge in [-0.1, -0.05) is 18.2 Å². The summed E-state index contributed by atoms with van der Waals surface area (Å²) in [5, 5.41) is 0. The Labute approximate surface area is 154 Å².